The molecule has 2 N–H and O–H groups in total. The highest BCUT2D eigenvalue weighted by atomic mass is 16.5. The number of amides is 4. The molecule has 0 aromatic heterocycles. The lowest BCUT2D eigenvalue weighted by Gasteiger charge is -2.32. The van der Waals surface area contributed by atoms with Crippen LogP contribution < -0.4 is 10.6 Å². The fourth-order valence-electron chi connectivity index (χ4n) is 10.2. The Morgan fingerprint density at radius 1 is 0.712 bits per heavy atom. The average molecular weight is 804 g/mol. The summed E-state index contributed by atoms with van der Waals surface area (Å²) in [5.74, 6) is -0.261. The summed E-state index contributed by atoms with van der Waals surface area (Å²) in [5.41, 5.74) is 12.4. The van der Waals surface area contributed by atoms with Crippen LogP contribution in [0.2, 0.25) is 0 Å². The highest BCUT2D eigenvalue weighted by molar-refractivity contribution is 6.04. The van der Waals surface area contributed by atoms with Crippen LogP contribution in [-0.2, 0) is 23.8 Å². The second-order valence-electron chi connectivity index (χ2n) is 17.1. The summed E-state index contributed by atoms with van der Waals surface area (Å²) in [7, 11) is 2.64. The number of rotatable bonds is 11. The number of nitrogens with one attached hydrogen (secondary N) is 2. The third-order valence-corrected chi connectivity index (χ3v) is 13.3. The van der Waals surface area contributed by atoms with E-state index in [1.807, 2.05) is 29.8 Å². The first-order valence-electron chi connectivity index (χ1n) is 21.4. The Kier molecular flexibility index (Phi) is 12.1. The number of aliphatic imine (C=N–C) groups is 1. The number of methoxy groups -OCH3 is 2. The highest BCUT2D eigenvalue weighted by Gasteiger charge is 2.43. The summed E-state index contributed by atoms with van der Waals surface area (Å²) in [5, 5.41) is 5.58. The molecule has 59 heavy (non-hydrogen) atoms. The monoisotopic (exact) mass is 803 g/mol. The zero-order valence-electron chi connectivity index (χ0n) is 34.8. The molecule has 4 amide bonds. The Bertz CT molecular complexity index is 2080. The smallest absolute Gasteiger partial charge is 0.407 e. The van der Waals surface area contributed by atoms with Crippen LogP contribution in [0.5, 0.6) is 0 Å². The molecule has 2 aromatic carbocycles. The molecule has 4 heterocycles. The van der Waals surface area contributed by atoms with E-state index in [0.717, 1.165) is 79.3 Å². The second kappa shape index (κ2) is 17.6. The standard InChI is InChI=1S/C47H57N5O7/c1-28(2)42(49-46(55)57-3)44(53)51-21-6-10-40(51)38-25-37(35-8-5-9-36(35)38)32-18-16-30(17-19-32)29-12-14-31(15-13-29)34-24-39(48-26-34)41-11-7-22-52(41)45(54)43(50-47(56)58-4)33-20-23-59-27-33/h12-19,26,28,33,40-43H,5-11,20-25,27H2,1-4H3,(H,49,55)(H,50,56)/t33?,40?,41-,42-,43?/m0/s1. The Labute approximate surface area is 347 Å². The van der Waals surface area contributed by atoms with E-state index in [1.165, 1.54) is 42.1 Å². The Morgan fingerprint density at radius 2 is 1.32 bits per heavy atom. The predicted octanol–water partition coefficient (Wildman–Crippen LogP) is 7.30. The number of hydrogen-bond acceptors (Lipinski definition) is 8. The van der Waals surface area contributed by atoms with Crippen molar-refractivity contribution < 1.29 is 33.4 Å². The third-order valence-electron chi connectivity index (χ3n) is 13.3. The zero-order valence-corrected chi connectivity index (χ0v) is 34.8. The van der Waals surface area contributed by atoms with Gasteiger partial charge in [-0.3, -0.25) is 14.6 Å². The molecule has 8 rings (SSSR count). The van der Waals surface area contributed by atoms with Crippen molar-refractivity contribution in [2.24, 2.45) is 16.8 Å². The summed E-state index contributed by atoms with van der Waals surface area (Å²) in [6.45, 7) is 6.26. The summed E-state index contributed by atoms with van der Waals surface area (Å²) >= 11 is 0. The van der Waals surface area contributed by atoms with Gasteiger partial charge in [-0.25, -0.2) is 9.59 Å². The van der Waals surface area contributed by atoms with Crippen LogP contribution in [0.3, 0.4) is 0 Å². The lowest BCUT2D eigenvalue weighted by Crippen LogP contribution is -2.54. The number of allylic oxidation sites excluding steroid dienone is 4. The van der Waals surface area contributed by atoms with Crippen LogP contribution in [-0.4, -0.2) is 104 Å². The third kappa shape index (κ3) is 8.20. The van der Waals surface area contributed by atoms with Crippen LogP contribution in [0.15, 0.2) is 76.4 Å². The molecule has 3 unspecified atom stereocenters. The number of benzene rings is 2. The molecule has 6 aliphatic rings. The van der Waals surface area contributed by atoms with Gasteiger partial charge in [-0.15, -0.1) is 0 Å². The van der Waals surface area contributed by atoms with Gasteiger partial charge in [0.25, 0.3) is 0 Å². The molecule has 0 radical (unpaired) electrons. The number of alkyl carbamates (subject to hydrolysis) is 2. The van der Waals surface area contributed by atoms with E-state index in [0.29, 0.717) is 39.1 Å². The van der Waals surface area contributed by atoms with Gasteiger partial charge >= 0.3 is 12.2 Å². The first-order valence-corrected chi connectivity index (χ1v) is 21.4. The van der Waals surface area contributed by atoms with Gasteiger partial charge < -0.3 is 34.6 Å². The number of ether oxygens (including phenoxy) is 3. The van der Waals surface area contributed by atoms with E-state index in [1.54, 1.807) is 0 Å². The molecular weight excluding hydrogens is 747 g/mol. The topological polar surface area (TPSA) is 139 Å². The van der Waals surface area contributed by atoms with Gasteiger partial charge in [0.05, 0.1) is 32.9 Å². The van der Waals surface area contributed by atoms with Crippen LogP contribution >= 0.6 is 0 Å². The molecule has 312 valence electrons. The van der Waals surface area contributed by atoms with Gasteiger partial charge in [-0.2, -0.15) is 0 Å². The van der Waals surface area contributed by atoms with Gasteiger partial charge in [0.2, 0.25) is 11.8 Å². The molecule has 5 atom stereocenters. The van der Waals surface area contributed by atoms with Crippen molar-refractivity contribution in [3.8, 4) is 11.1 Å². The second-order valence-corrected chi connectivity index (χ2v) is 17.1. The normalized spacial score (nSPS) is 23.7. The van der Waals surface area contributed by atoms with E-state index in [4.69, 9.17) is 19.2 Å². The molecule has 3 saturated heterocycles. The van der Waals surface area contributed by atoms with Crippen LogP contribution in [0.25, 0.3) is 22.3 Å². The quantitative estimate of drug-likeness (QED) is 0.243. The number of nitrogens with zero attached hydrogens (tertiary/aromatic N) is 3. The van der Waals surface area contributed by atoms with Gasteiger partial charge in [0.1, 0.15) is 12.1 Å². The first-order chi connectivity index (χ1) is 28.6. The average Bonchev–Trinajstić information content (AvgIpc) is 4.11. The number of hydrogen-bond donors (Lipinski definition) is 2. The van der Waals surface area contributed by atoms with Gasteiger partial charge in [-0.1, -0.05) is 62.4 Å². The van der Waals surface area contributed by atoms with Crippen molar-refractivity contribution in [2.75, 3.05) is 40.5 Å². The molecule has 2 aromatic rings. The van der Waals surface area contributed by atoms with Crippen molar-refractivity contribution in [2.45, 2.75) is 102 Å². The number of fused-ring (bicyclic) bond motifs is 1. The van der Waals surface area contributed by atoms with E-state index in [2.05, 4.69) is 59.2 Å². The fourth-order valence-corrected chi connectivity index (χ4v) is 10.2. The van der Waals surface area contributed by atoms with Crippen LogP contribution in [0.1, 0.15) is 89.2 Å². The van der Waals surface area contributed by atoms with Crippen molar-refractivity contribution >= 4 is 40.9 Å². The molecule has 12 heteroatoms. The number of carbonyl (C=O) groups excluding carboxylic acids is 4. The van der Waals surface area contributed by atoms with E-state index in [9.17, 15) is 19.2 Å². The van der Waals surface area contributed by atoms with Crippen molar-refractivity contribution in [1.29, 1.82) is 0 Å². The zero-order chi connectivity index (χ0) is 41.2. The van der Waals surface area contributed by atoms with Gasteiger partial charge in [0, 0.05) is 43.9 Å². The Balaban J connectivity index is 0.906. The Morgan fingerprint density at radius 3 is 1.97 bits per heavy atom. The minimum atomic E-state index is -0.687. The highest BCUT2D eigenvalue weighted by Crippen LogP contribution is 2.50. The largest absolute Gasteiger partial charge is 0.453 e. The first kappa shape index (κ1) is 40.5. The maximum Gasteiger partial charge on any atom is 0.407 e. The lowest BCUT2D eigenvalue weighted by molar-refractivity contribution is -0.135. The number of carbonyl (C=O) groups is 4. The Hall–Kier alpha value is -5.23. The molecule has 4 aliphatic heterocycles. The molecule has 1 saturated carbocycles. The summed E-state index contributed by atoms with van der Waals surface area (Å²) in [6.07, 6.45) is 9.88. The van der Waals surface area contributed by atoms with E-state index < -0.39 is 24.3 Å². The molecule has 0 spiro atoms. The van der Waals surface area contributed by atoms with Gasteiger partial charge in [-0.05, 0) is 114 Å². The fraction of sp³-hybridized carbons (Fsp3) is 0.511. The predicted molar refractivity (Wildman–Crippen MR) is 226 cm³/mol. The maximum atomic E-state index is 13.9. The van der Waals surface area contributed by atoms with Crippen LogP contribution in [0.4, 0.5) is 9.59 Å². The SMILES string of the molecule is COC(=O)NC(C(=O)N1CCC[C@H]1C1=NC=C(c2ccc(-c3ccc(C4=C5CCCC5=C(C5CCCN5C(=O)[C@@H](NC(=O)OC)C(C)C)C4)cc3)cc2)C1)C1CCOC1. The van der Waals surface area contributed by atoms with Crippen molar-refractivity contribution in [3.63, 3.8) is 0 Å². The molecule has 4 fully saturated rings. The van der Waals surface area contributed by atoms with Crippen molar-refractivity contribution in [1.82, 2.24) is 20.4 Å². The summed E-state index contributed by atoms with van der Waals surface area (Å²) < 4.78 is 15.3. The molecule has 12 nitrogen and oxygen atoms in total. The van der Waals surface area contributed by atoms with E-state index >= 15 is 0 Å². The van der Waals surface area contributed by atoms with Crippen LogP contribution in [0, 0.1) is 11.8 Å². The minimum Gasteiger partial charge on any atom is -0.453 e. The lowest BCUT2D eigenvalue weighted by atomic mass is 9.93. The molecule has 0 bridgehead atoms. The minimum absolute atomic E-state index is 0.0240. The molecule has 2 aliphatic carbocycles. The van der Waals surface area contributed by atoms with Crippen molar-refractivity contribution in [3.05, 3.63) is 82.6 Å². The maximum absolute atomic E-state index is 13.9. The summed E-state index contributed by atoms with van der Waals surface area (Å²) in [4.78, 5) is 60.9. The van der Waals surface area contributed by atoms with Gasteiger partial charge in [0.15, 0.2) is 0 Å². The summed E-state index contributed by atoms with van der Waals surface area (Å²) in [6, 6.07) is 16.2. The molecular formula is C47H57N5O7. The van der Waals surface area contributed by atoms with E-state index in [-0.39, 0.29) is 35.7 Å². The number of likely N-dealkylation sites (tertiary alicyclic amines) is 2.